The zero-order valence-electron chi connectivity index (χ0n) is 12.6. The van der Waals surface area contributed by atoms with Crippen LogP contribution in [0.2, 0.25) is 0 Å². The Balaban J connectivity index is 1.91. The second kappa shape index (κ2) is 6.83. The second-order valence-electron chi connectivity index (χ2n) is 6.24. The fraction of sp³-hybridized carbons (Fsp3) is 0.625. The molecule has 1 aliphatic rings. The van der Waals surface area contributed by atoms with Gasteiger partial charge < -0.3 is 14.9 Å². The molecule has 1 aromatic carbocycles. The molecule has 2 N–H and O–H groups in total. The minimum atomic E-state index is -0.815. The minimum absolute atomic E-state index is 0.0181. The van der Waals surface area contributed by atoms with Crippen LogP contribution < -0.4 is 0 Å². The third-order valence-corrected chi connectivity index (χ3v) is 3.74. The molecule has 2 rings (SSSR count). The molecule has 0 saturated carbocycles. The quantitative estimate of drug-likeness (QED) is 0.869. The van der Waals surface area contributed by atoms with E-state index in [0.717, 1.165) is 6.54 Å². The Bertz CT molecular complexity index is 467. The summed E-state index contributed by atoms with van der Waals surface area (Å²) < 4.78 is 19.4. The fourth-order valence-electron chi connectivity index (χ4n) is 2.89. The van der Waals surface area contributed by atoms with Crippen molar-refractivity contribution in [3.05, 3.63) is 35.6 Å². The molecule has 2 unspecified atom stereocenters. The highest BCUT2D eigenvalue weighted by Crippen LogP contribution is 2.24. The van der Waals surface area contributed by atoms with Crippen LogP contribution in [0.4, 0.5) is 4.39 Å². The van der Waals surface area contributed by atoms with E-state index < -0.39 is 6.10 Å². The lowest BCUT2D eigenvalue weighted by atomic mass is 10.0. The van der Waals surface area contributed by atoms with Crippen LogP contribution in [0.5, 0.6) is 0 Å². The predicted octanol–water partition coefficient (Wildman–Crippen LogP) is 1.72. The van der Waals surface area contributed by atoms with Gasteiger partial charge in [0.25, 0.3) is 0 Å². The number of halogens is 1. The van der Waals surface area contributed by atoms with E-state index in [1.54, 1.807) is 18.2 Å². The molecule has 1 fully saturated rings. The van der Waals surface area contributed by atoms with Gasteiger partial charge in [0, 0.05) is 25.2 Å². The van der Waals surface area contributed by atoms with Crippen molar-refractivity contribution in [1.29, 1.82) is 0 Å². The molecule has 21 heavy (non-hydrogen) atoms. The Labute approximate surface area is 125 Å². The molecule has 0 aliphatic carbocycles. The van der Waals surface area contributed by atoms with Crippen molar-refractivity contribution in [2.75, 3.05) is 26.2 Å². The maximum atomic E-state index is 13.6. The van der Waals surface area contributed by atoms with Gasteiger partial charge in [0.15, 0.2) is 0 Å². The molecule has 4 nitrogen and oxygen atoms in total. The molecule has 0 amide bonds. The first kappa shape index (κ1) is 16.4. The molecule has 0 radical (unpaired) electrons. The summed E-state index contributed by atoms with van der Waals surface area (Å²) in [6.45, 7) is 5.94. The van der Waals surface area contributed by atoms with Crippen molar-refractivity contribution >= 4 is 0 Å². The average molecular weight is 297 g/mol. The van der Waals surface area contributed by atoms with Crippen molar-refractivity contribution in [2.45, 2.75) is 38.1 Å². The largest absolute Gasteiger partial charge is 0.394 e. The number of aliphatic hydroxyl groups excluding tert-OH is 2. The van der Waals surface area contributed by atoms with Crippen LogP contribution in [0.25, 0.3) is 0 Å². The van der Waals surface area contributed by atoms with E-state index in [-0.39, 0.29) is 24.1 Å². The number of ether oxygens (including phenoxy) is 1. The van der Waals surface area contributed by atoms with Crippen LogP contribution >= 0.6 is 0 Å². The Hall–Kier alpha value is -1.01. The van der Waals surface area contributed by atoms with E-state index >= 15 is 0 Å². The normalized spacial score (nSPS) is 24.0. The Morgan fingerprint density at radius 2 is 2.14 bits per heavy atom. The minimum Gasteiger partial charge on any atom is -0.394 e. The standard InChI is InChI=1S/C16H24FNO3/c1-16(2)11-18(9-12(10-19)21-16)8-7-15(20)13-5-3-4-6-14(13)17/h3-6,12,15,19-20H,7-11H2,1-2H3. The lowest BCUT2D eigenvalue weighted by molar-refractivity contribution is -0.149. The Kier molecular flexibility index (Phi) is 5.32. The van der Waals surface area contributed by atoms with Gasteiger partial charge in [-0.3, -0.25) is 4.90 Å². The lowest BCUT2D eigenvalue weighted by Crippen LogP contribution is -2.54. The molecule has 0 bridgehead atoms. The van der Waals surface area contributed by atoms with Gasteiger partial charge >= 0.3 is 0 Å². The first-order valence-corrected chi connectivity index (χ1v) is 7.35. The van der Waals surface area contributed by atoms with Crippen LogP contribution in [0.3, 0.4) is 0 Å². The summed E-state index contributed by atoms with van der Waals surface area (Å²) in [4.78, 5) is 2.15. The molecule has 1 saturated heterocycles. The highest BCUT2D eigenvalue weighted by molar-refractivity contribution is 5.19. The van der Waals surface area contributed by atoms with Crippen LogP contribution in [-0.4, -0.2) is 53.1 Å². The van der Waals surface area contributed by atoms with Crippen LogP contribution in [-0.2, 0) is 4.74 Å². The molecular weight excluding hydrogens is 273 g/mol. The molecule has 118 valence electrons. The van der Waals surface area contributed by atoms with E-state index in [9.17, 15) is 14.6 Å². The van der Waals surface area contributed by atoms with Gasteiger partial charge in [0.2, 0.25) is 0 Å². The van der Waals surface area contributed by atoms with Crippen LogP contribution in [0.1, 0.15) is 31.9 Å². The third kappa shape index (κ3) is 4.48. The van der Waals surface area contributed by atoms with Gasteiger partial charge in [0.1, 0.15) is 5.82 Å². The number of hydrogen-bond donors (Lipinski definition) is 2. The maximum absolute atomic E-state index is 13.6. The number of aliphatic hydroxyl groups is 2. The molecule has 1 aliphatic heterocycles. The summed E-state index contributed by atoms with van der Waals surface area (Å²) in [5, 5.41) is 19.4. The summed E-state index contributed by atoms with van der Waals surface area (Å²) in [7, 11) is 0. The molecule has 5 heteroatoms. The number of morpholine rings is 1. The molecule has 1 aromatic rings. The van der Waals surface area contributed by atoms with Crippen molar-refractivity contribution in [3.8, 4) is 0 Å². The van der Waals surface area contributed by atoms with Crippen molar-refractivity contribution in [1.82, 2.24) is 4.90 Å². The Morgan fingerprint density at radius 3 is 2.81 bits per heavy atom. The zero-order valence-corrected chi connectivity index (χ0v) is 12.6. The number of benzene rings is 1. The first-order chi connectivity index (χ1) is 9.91. The van der Waals surface area contributed by atoms with E-state index in [2.05, 4.69) is 4.90 Å². The fourth-order valence-corrected chi connectivity index (χ4v) is 2.89. The summed E-state index contributed by atoms with van der Waals surface area (Å²) in [5.41, 5.74) is 0.0120. The number of rotatable bonds is 5. The summed E-state index contributed by atoms with van der Waals surface area (Å²) in [6, 6.07) is 6.31. The monoisotopic (exact) mass is 297 g/mol. The smallest absolute Gasteiger partial charge is 0.128 e. The van der Waals surface area contributed by atoms with Gasteiger partial charge in [-0.05, 0) is 26.3 Å². The van der Waals surface area contributed by atoms with Crippen LogP contribution in [0.15, 0.2) is 24.3 Å². The second-order valence-corrected chi connectivity index (χ2v) is 6.24. The van der Waals surface area contributed by atoms with Gasteiger partial charge in [-0.2, -0.15) is 0 Å². The predicted molar refractivity (Wildman–Crippen MR) is 78.5 cm³/mol. The highest BCUT2D eigenvalue weighted by Gasteiger charge is 2.33. The molecule has 0 aromatic heterocycles. The summed E-state index contributed by atoms with van der Waals surface area (Å²) in [6.07, 6.45) is -0.570. The average Bonchev–Trinajstić information content (AvgIpc) is 2.43. The van der Waals surface area contributed by atoms with Gasteiger partial charge in [-0.15, -0.1) is 0 Å². The Morgan fingerprint density at radius 1 is 1.43 bits per heavy atom. The lowest BCUT2D eigenvalue weighted by Gasteiger charge is -2.42. The summed E-state index contributed by atoms with van der Waals surface area (Å²) in [5.74, 6) is -0.374. The summed E-state index contributed by atoms with van der Waals surface area (Å²) >= 11 is 0. The highest BCUT2D eigenvalue weighted by atomic mass is 19.1. The third-order valence-electron chi connectivity index (χ3n) is 3.74. The van der Waals surface area contributed by atoms with E-state index in [4.69, 9.17) is 4.74 Å². The number of hydrogen-bond acceptors (Lipinski definition) is 4. The van der Waals surface area contributed by atoms with Crippen LogP contribution in [0, 0.1) is 5.82 Å². The van der Waals surface area contributed by atoms with E-state index in [1.807, 2.05) is 13.8 Å². The zero-order chi connectivity index (χ0) is 15.5. The van der Waals surface area contributed by atoms with Crippen molar-refractivity contribution in [2.24, 2.45) is 0 Å². The molecule has 1 heterocycles. The molecule has 0 spiro atoms. The maximum Gasteiger partial charge on any atom is 0.128 e. The molecule has 2 atom stereocenters. The van der Waals surface area contributed by atoms with Gasteiger partial charge in [-0.25, -0.2) is 4.39 Å². The number of nitrogens with zero attached hydrogens (tertiary/aromatic N) is 1. The topological polar surface area (TPSA) is 52.9 Å². The van der Waals surface area contributed by atoms with Gasteiger partial charge in [0.05, 0.1) is 24.4 Å². The van der Waals surface area contributed by atoms with E-state index in [0.29, 0.717) is 25.1 Å². The van der Waals surface area contributed by atoms with E-state index in [1.165, 1.54) is 6.07 Å². The molecular formula is C16H24FNO3. The van der Waals surface area contributed by atoms with Crippen molar-refractivity contribution < 1.29 is 19.3 Å². The van der Waals surface area contributed by atoms with Crippen molar-refractivity contribution in [3.63, 3.8) is 0 Å². The van der Waals surface area contributed by atoms with Gasteiger partial charge in [-0.1, -0.05) is 18.2 Å². The SMILES string of the molecule is CC1(C)CN(CCC(O)c2ccccc2F)CC(CO)O1. The first-order valence-electron chi connectivity index (χ1n) is 7.35.